The van der Waals surface area contributed by atoms with Crippen LogP contribution < -0.4 is 10.0 Å². The highest BCUT2D eigenvalue weighted by atomic mass is 16.4. The minimum atomic E-state index is -2.20. The number of carboxylic acids is 1. The number of hydrogen-bond acceptors (Lipinski definition) is 5. The summed E-state index contributed by atoms with van der Waals surface area (Å²) in [5, 5.41) is 20.4. The van der Waals surface area contributed by atoms with Gasteiger partial charge in [-0.1, -0.05) is 18.2 Å². The summed E-state index contributed by atoms with van der Waals surface area (Å²) in [7, 11) is 0. The summed E-state index contributed by atoms with van der Waals surface area (Å²) in [5.74, 6) is -3.13. The molecular weight excluding hydrogens is 238 g/mol. The summed E-state index contributed by atoms with van der Waals surface area (Å²) >= 11 is 0. The highest BCUT2D eigenvalue weighted by molar-refractivity contribution is 6.24. The number of amides is 2. The van der Waals surface area contributed by atoms with Gasteiger partial charge in [-0.3, -0.25) is 9.59 Å². The largest absolute Gasteiger partial charge is 0.550 e. The molecule has 0 unspecified atom stereocenters. The Morgan fingerprint density at radius 1 is 1.33 bits per heavy atom. The Kier molecular flexibility index (Phi) is 2.88. The van der Waals surface area contributed by atoms with E-state index in [1.807, 2.05) is 0 Å². The van der Waals surface area contributed by atoms with Gasteiger partial charge in [0.05, 0.1) is 12.1 Å². The van der Waals surface area contributed by atoms with Crippen LogP contribution in [0.2, 0.25) is 0 Å². The Bertz CT molecular complexity index is 512. The maximum Gasteiger partial charge on any atom is 0.266 e. The SMILES string of the molecule is O=C([O-])C[C@]1(O)CC(=O)N(c2ccccc2)C1=O. The number of para-hydroxylation sites is 1. The Hall–Kier alpha value is -2.21. The Morgan fingerprint density at radius 2 is 1.94 bits per heavy atom. The zero-order valence-electron chi connectivity index (χ0n) is 9.33. The maximum absolute atomic E-state index is 11.9. The first kappa shape index (κ1) is 12.3. The molecular formula is C12H10NO5-. The molecule has 0 bridgehead atoms. The Morgan fingerprint density at radius 3 is 2.50 bits per heavy atom. The van der Waals surface area contributed by atoms with E-state index in [9.17, 15) is 24.6 Å². The van der Waals surface area contributed by atoms with Crippen molar-refractivity contribution in [1.29, 1.82) is 0 Å². The molecule has 2 rings (SSSR count). The number of imide groups is 1. The molecule has 0 saturated carbocycles. The first-order valence-corrected chi connectivity index (χ1v) is 5.29. The third kappa shape index (κ3) is 1.98. The predicted molar refractivity (Wildman–Crippen MR) is 58.1 cm³/mol. The van der Waals surface area contributed by atoms with Crippen molar-refractivity contribution in [3.05, 3.63) is 30.3 Å². The molecule has 1 aromatic carbocycles. The van der Waals surface area contributed by atoms with E-state index in [-0.39, 0.29) is 0 Å². The average Bonchev–Trinajstić information content (AvgIpc) is 2.49. The van der Waals surface area contributed by atoms with Gasteiger partial charge >= 0.3 is 0 Å². The minimum absolute atomic E-state index is 0.307. The van der Waals surface area contributed by atoms with E-state index in [4.69, 9.17) is 0 Å². The van der Waals surface area contributed by atoms with Crippen molar-refractivity contribution in [2.75, 3.05) is 4.90 Å². The average molecular weight is 248 g/mol. The maximum atomic E-state index is 11.9. The minimum Gasteiger partial charge on any atom is -0.550 e. The molecule has 1 saturated heterocycles. The molecule has 0 radical (unpaired) electrons. The van der Waals surface area contributed by atoms with Gasteiger partial charge in [-0.05, 0) is 12.1 Å². The fraction of sp³-hybridized carbons (Fsp3) is 0.250. The van der Waals surface area contributed by atoms with Gasteiger partial charge in [-0.25, -0.2) is 4.90 Å². The second-order valence-corrected chi connectivity index (χ2v) is 4.13. The number of anilines is 1. The van der Waals surface area contributed by atoms with Crippen molar-refractivity contribution in [2.45, 2.75) is 18.4 Å². The van der Waals surface area contributed by atoms with E-state index in [2.05, 4.69) is 0 Å². The number of carbonyl (C=O) groups is 3. The van der Waals surface area contributed by atoms with Gasteiger partial charge in [-0.2, -0.15) is 0 Å². The zero-order chi connectivity index (χ0) is 13.3. The van der Waals surface area contributed by atoms with Crippen LogP contribution in [0.4, 0.5) is 5.69 Å². The molecule has 2 amide bonds. The van der Waals surface area contributed by atoms with Crippen molar-refractivity contribution >= 4 is 23.5 Å². The van der Waals surface area contributed by atoms with Crippen LogP contribution in [0.25, 0.3) is 0 Å². The van der Waals surface area contributed by atoms with Gasteiger partial charge in [0.25, 0.3) is 5.91 Å². The molecule has 18 heavy (non-hydrogen) atoms. The first-order valence-electron chi connectivity index (χ1n) is 5.29. The lowest BCUT2D eigenvalue weighted by Gasteiger charge is -2.21. The molecule has 1 aliphatic rings. The van der Waals surface area contributed by atoms with Crippen molar-refractivity contribution in [1.82, 2.24) is 0 Å². The van der Waals surface area contributed by atoms with Crippen LogP contribution in [0.5, 0.6) is 0 Å². The quantitative estimate of drug-likeness (QED) is 0.679. The van der Waals surface area contributed by atoms with Crippen LogP contribution in [0.3, 0.4) is 0 Å². The Balaban J connectivity index is 2.33. The van der Waals surface area contributed by atoms with Crippen molar-refractivity contribution in [2.24, 2.45) is 0 Å². The van der Waals surface area contributed by atoms with Gasteiger partial charge in [0.15, 0.2) is 5.60 Å². The number of aliphatic hydroxyl groups is 1. The molecule has 1 fully saturated rings. The highest BCUT2D eigenvalue weighted by Gasteiger charge is 2.50. The van der Waals surface area contributed by atoms with Crippen molar-refractivity contribution in [3.63, 3.8) is 0 Å². The lowest BCUT2D eigenvalue weighted by Crippen LogP contribution is -2.44. The van der Waals surface area contributed by atoms with Gasteiger partial charge in [-0.15, -0.1) is 0 Å². The number of rotatable bonds is 3. The van der Waals surface area contributed by atoms with E-state index >= 15 is 0 Å². The molecule has 1 atom stereocenters. The fourth-order valence-electron chi connectivity index (χ4n) is 1.94. The second kappa shape index (κ2) is 4.23. The van der Waals surface area contributed by atoms with E-state index in [1.54, 1.807) is 18.2 Å². The van der Waals surface area contributed by atoms with Gasteiger partial charge in [0.1, 0.15) is 0 Å². The van der Waals surface area contributed by atoms with Crippen molar-refractivity contribution < 1.29 is 24.6 Å². The van der Waals surface area contributed by atoms with Crippen molar-refractivity contribution in [3.8, 4) is 0 Å². The molecule has 1 aliphatic heterocycles. The van der Waals surface area contributed by atoms with E-state index in [1.165, 1.54) is 12.1 Å². The van der Waals surface area contributed by atoms with E-state index in [0.717, 1.165) is 4.90 Å². The molecule has 0 aliphatic carbocycles. The van der Waals surface area contributed by atoms with Gasteiger partial charge in [0.2, 0.25) is 5.91 Å². The van der Waals surface area contributed by atoms with Crippen LogP contribution in [0.15, 0.2) is 30.3 Å². The van der Waals surface area contributed by atoms with Crippen LogP contribution in [-0.4, -0.2) is 28.5 Å². The summed E-state index contributed by atoms with van der Waals surface area (Å²) in [4.78, 5) is 34.9. The van der Waals surface area contributed by atoms with Crippen LogP contribution >= 0.6 is 0 Å². The number of hydrogen-bond donors (Lipinski definition) is 1. The zero-order valence-corrected chi connectivity index (χ0v) is 9.33. The monoisotopic (exact) mass is 248 g/mol. The molecule has 1 aromatic rings. The van der Waals surface area contributed by atoms with Gasteiger partial charge in [0, 0.05) is 12.4 Å². The predicted octanol–water partition coefficient (Wildman–Crippen LogP) is -1.18. The number of nitrogens with zero attached hydrogens (tertiary/aromatic N) is 1. The summed E-state index contributed by atoms with van der Waals surface area (Å²) < 4.78 is 0. The number of carbonyl (C=O) groups excluding carboxylic acids is 3. The van der Waals surface area contributed by atoms with E-state index in [0.29, 0.717) is 5.69 Å². The second-order valence-electron chi connectivity index (χ2n) is 4.13. The number of benzene rings is 1. The number of carboxylic acid groups (broad SMARTS) is 1. The van der Waals surface area contributed by atoms with E-state index < -0.39 is 36.2 Å². The summed E-state index contributed by atoms with van der Waals surface area (Å²) in [6.45, 7) is 0. The lowest BCUT2D eigenvalue weighted by molar-refractivity contribution is -0.308. The topological polar surface area (TPSA) is 97.7 Å². The molecule has 0 aromatic heterocycles. The molecule has 1 heterocycles. The molecule has 0 spiro atoms. The molecule has 6 heteroatoms. The normalized spacial score (nSPS) is 23.5. The standard InChI is InChI=1S/C12H11NO5/c14-9-6-12(18,7-10(15)16)11(17)13(9)8-4-2-1-3-5-8/h1-5,18H,6-7H2,(H,15,16)/p-1/t12-/m1/s1. The van der Waals surface area contributed by atoms with Crippen LogP contribution in [0.1, 0.15) is 12.8 Å². The first-order chi connectivity index (χ1) is 8.44. The third-order valence-corrected chi connectivity index (χ3v) is 2.75. The summed E-state index contributed by atoms with van der Waals surface area (Å²) in [6, 6.07) is 8.03. The van der Waals surface area contributed by atoms with Crippen LogP contribution in [-0.2, 0) is 14.4 Å². The molecule has 1 N–H and O–H groups in total. The Labute approximate surface area is 102 Å². The molecule has 6 nitrogen and oxygen atoms in total. The lowest BCUT2D eigenvalue weighted by atomic mass is 9.98. The third-order valence-electron chi connectivity index (χ3n) is 2.75. The summed E-state index contributed by atoms with van der Waals surface area (Å²) in [5.41, 5.74) is -1.90. The number of aliphatic carboxylic acids is 1. The smallest absolute Gasteiger partial charge is 0.266 e. The summed E-state index contributed by atoms with van der Waals surface area (Å²) in [6.07, 6.45) is -1.43. The molecule has 94 valence electrons. The highest BCUT2D eigenvalue weighted by Crippen LogP contribution is 2.31. The van der Waals surface area contributed by atoms with Crippen LogP contribution in [0, 0.1) is 0 Å². The van der Waals surface area contributed by atoms with Gasteiger partial charge < -0.3 is 15.0 Å². The fourth-order valence-corrected chi connectivity index (χ4v) is 1.94.